The second-order valence-corrected chi connectivity index (χ2v) is 8.86. The number of aliphatic hydroxyl groups excluding tert-OH is 1. The molecule has 0 aliphatic rings. The minimum atomic E-state index is -0.000331. The average molecular weight is 401 g/mol. The van der Waals surface area contributed by atoms with E-state index in [2.05, 4.69) is 88.9 Å². The Morgan fingerprint density at radius 3 is 2.13 bits per heavy atom. The van der Waals surface area contributed by atoms with Gasteiger partial charge in [0.1, 0.15) is 5.75 Å². The maximum Gasteiger partial charge on any atom is 0.122 e. The largest absolute Gasteiger partial charge is 0.512 e. The zero-order valence-corrected chi connectivity index (χ0v) is 19.0. The van der Waals surface area contributed by atoms with Crippen LogP contribution in [0.25, 0.3) is 27.5 Å². The number of aliphatic hydroxyl groups is 1. The molecule has 0 unspecified atom stereocenters. The van der Waals surface area contributed by atoms with E-state index < -0.39 is 0 Å². The highest BCUT2D eigenvalue weighted by Crippen LogP contribution is 2.36. The summed E-state index contributed by atoms with van der Waals surface area (Å²) in [5, 5.41) is 12.5. The Balaban J connectivity index is 2.07. The van der Waals surface area contributed by atoms with Gasteiger partial charge < -0.3 is 9.84 Å². The molecule has 156 valence electrons. The summed E-state index contributed by atoms with van der Waals surface area (Å²) in [7, 11) is 1.72. The third kappa shape index (κ3) is 4.28. The maximum absolute atomic E-state index is 10.2. The zero-order valence-electron chi connectivity index (χ0n) is 19.0. The molecule has 0 amide bonds. The van der Waals surface area contributed by atoms with Gasteiger partial charge in [0.05, 0.1) is 12.9 Å². The van der Waals surface area contributed by atoms with E-state index in [0.717, 1.165) is 34.3 Å². The molecule has 2 heteroatoms. The molecule has 0 aliphatic carbocycles. The van der Waals surface area contributed by atoms with Gasteiger partial charge in [-0.2, -0.15) is 0 Å². The van der Waals surface area contributed by atoms with Gasteiger partial charge in [0, 0.05) is 11.1 Å². The topological polar surface area (TPSA) is 29.5 Å². The van der Waals surface area contributed by atoms with Crippen molar-refractivity contribution in [2.45, 2.75) is 46.5 Å². The summed E-state index contributed by atoms with van der Waals surface area (Å²) >= 11 is 0. The Morgan fingerprint density at radius 2 is 1.53 bits per heavy atom. The summed E-state index contributed by atoms with van der Waals surface area (Å²) in [6.45, 7) is 14.5. The van der Waals surface area contributed by atoms with Gasteiger partial charge in [-0.1, -0.05) is 64.6 Å². The number of rotatable bonds is 5. The Labute approximate surface area is 180 Å². The van der Waals surface area contributed by atoms with E-state index in [1.54, 1.807) is 14.0 Å². The van der Waals surface area contributed by atoms with Crippen LogP contribution in [0.4, 0.5) is 0 Å². The highest BCUT2D eigenvalue weighted by molar-refractivity contribution is 5.92. The molecule has 3 aromatic rings. The van der Waals surface area contributed by atoms with Gasteiger partial charge in [-0.3, -0.25) is 0 Å². The van der Waals surface area contributed by atoms with E-state index in [-0.39, 0.29) is 5.41 Å². The molecule has 0 heterocycles. The third-order valence-electron chi connectivity index (χ3n) is 5.61. The molecule has 0 aromatic heterocycles. The van der Waals surface area contributed by atoms with Crippen LogP contribution in [-0.2, 0) is 5.41 Å². The van der Waals surface area contributed by atoms with Crippen molar-refractivity contribution in [3.63, 3.8) is 0 Å². The lowest BCUT2D eigenvalue weighted by atomic mass is 9.84. The highest BCUT2D eigenvalue weighted by Gasteiger charge is 2.19. The Hall–Kier alpha value is -3.00. The third-order valence-corrected chi connectivity index (χ3v) is 5.61. The van der Waals surface area contributed by atoms with Crippen LogP contribution < -0.4 is 4.74 Å². The van der Waals surface area contributed by atoms with Gasteiger partial charge in [-0.15, -0.1) is 0 Å². The fourth-order valence-electron chi connectivity index (χ4n) is 3.90. The molecule has 0 spiro atoms. The van der Waals surface area contributed by atoms with Crippen molar-refractivity contribution in [1.82, 2.24) is 0 Å². The maximum atomic E-state index is 10.2. The number of methoxy groups -OCH3 is 1. The van der Waals surface area contributed by atoms with Crippen molar-refractivity contribution < 1.29 is 9.84 Å². The fraction of sp³-hybridized carbons (Fsp3) is 0.286. The van der Waals surface area contributed by atoms with E-state index in [0.29, 0.717) is 5.76 Å². The second-order valence-electron chi connectivity index (χ2n) is 8.86. The van der Waals surface area contributed by atoms with Crippen LogP contribution >= 0.6 is 0 Å². The first kappa shape index (κ1) is 21.7. The fourth-order valence-corrected chi connectivity index (χ4v) is 3.90. The molecular formula is C28H32O2. The number of ether oxygens (including phenoxy) is 1. The number of hydrogen-bond acceptors (Lipinski definition) is 2. The Kier molecular flexibility index (Phi) is 6.07. The summed E-state index contributed by atoms with van der Waals surface area (Å²) in [4.78, 5) is 0. The van der Waals surface area contributed by atoms with Crippen molar-refractivity contribution in [1.29, 1.82) is 0 Å². The molecule has 1 N–H and O–H groups in total. The van der Waals surface area contributed by atoms with E-state index in [1.807, 2.05) is 0 Å². The molecule has 0 radical (unpaired) electrons. The molecule has 3 rings (SSSR count). The van der Waals surface area contributed by atoms with Gasteiger partial charge in [-0.05, 0) is 76.1 Å². The van der Waals surface area contributed by atoms with Crippen LogP contribution in [0.15, 0.2) is 72.5 Å². The van der Waals surface area contributed by atoms with Crippen LogP contribution in [0.3, 0.4) is 0 Å². The van der Waals surface area contributed by atoms with Crippen LogP contribution in [0, 0.1) is 0 Å². The predicted molar refractivity (Wildman–Crippen MR) is 129 cm³/mol. The molecular weight excluding hydrogens is 368 g/mol. The van der Waals surface area contributed by atoms with Gasteiger partial charge in [0.2, 0.25) is 0 Å². The van der Waals surface area contributed by atoms with Gasteiger partial charge >= 0.3 is 0 Å². The lowest BCUT2D eigenvalue weighted by Crippen LogP contribution is -2.12. The van der Waals surface area contributed by atoms with E-state index in [4.69, 9.17) is 4.74 Å². The molecule has 2 nitrogen and oxygen atoms in total. The normalized spacial score (nSPS) is 12.6. The first-order valence-corrected chi connectivity index (χ1v) is 10.5. The van der Waals surface area contributed by atoms with E-state index in [1.165, 1.54) is 22.1 Å². The van der Waals surface area contributed by atoms with Crippen molar-refractivity contribution in [3.05, 3.63) is 83.6 Å². The van der Waals surface area contributed by atoms with Crippen molar-refractivity contribution in [2.75, 3.05) is 7.11 Å². The molecule has 0 fully saturated rings. The Bertz CT molecular complexity index is 1120. The lowest BCUT2D eigenvalue weighted by Gasteiger charge is -2.23. The molecule has 30 heavy (non-hydrogen) atoms. The number of allylic oxidation sites excluding steroid dienone is 3. The van der Waals surface area contributed by atoms with Crippen LogP contribution in [-0.4, -0.2) is 12.2 Å². The van der Waals surface area contributed by atoms with Crippen LogP contribution in [0.1, 0.15) is 52.2 Å². The second kappa shape index (κ2) is 8.39. The smallest absolute Gasteiger partial charge is 0.122 e. The van der Waals surface area contributed by atoms with Crippen LogP contribution in [0.5, 0.6) is 5.75 Å². The molecule has 3 aromatic carbocycles. The van der Waals surface area contributed by atoms with Crippen molar-refractivity contribution in [3.8, 4) is 16.9 Å². The molecule has 0 saturated carbocycles. The van der Waals surface area contributed by atoms with Crippen molar-refractivity contribution >= 4 is 16.3 Å². The monoisotopic (exact) mass is 400 g/mol. The number of hydrogen-bond donors (Lipinski definition) is 1. The summed E-state index contributed by atoms with van der Waals surface area (Å²) < 4.78 is 5.58. The molecule has 0 bridgehead atoms. The minimum Gasteiger partial charge on any atom is -0.512 e. The standard InChI is InChI=1S/C28H32O2/c1-8-18(2)27(19(3)29)24-12-11-20-15-21(9-10-22(20)16-24)23-13-14-26(30-7)25(17-23)28(4,5)6/h9-17,29H,2,8H2,1,3-7H3/b27-19-. The quantitative estimate of drug-likeness (QED) is 0.346. The van der Waals surface area contributed by atoms with Gasteiger partial charge in [0.15, 0.2) is 0 Å². The number of fused-ring (bicyclic) bond motifs is 1. The highest BCUT2D eigenvalue weighted by atomic mass is 16.5. The zero-order chi connectivity index (χ0) is 22.1. The lowest BCUT2D eigenvalue weighted by molar-refractivity contribution is 0.397. The summed E-state index contributed by atoms with van der Waals surface area (Å²) in [6, 6.07) is 19.2. The summed E-state index contributed by atoms with van der Waals surface area (Å²) in [6.07, 6.45) is 0.803. The Morgan fingerprint density at radius 1 is 0.933 bits per heavy atom. The first-order valence-electron chi connectivity index (χ1n) is 10.5. The minimum absolute atomic E-state index is 0.000331. The molecule has 0 atom stereocenters. The van der Waals surface area contributed by atoms with E-state index in [9.17, 15) is 5.11 Å². The predicted octanol–water partition coefficient (Wildman–Crippen LogP) is 8.07. The number of benzene rings is 3. The van der Waals surface area contributed by atoms with Crippen molar-refractivity contribution in [2.24, 2.45) is 0 Å². The van der Waals surface area contributed by atoms with E-state index >= 15 is 0 Å². The van der Waals surface area contributed by atoms with Gasteiger partial charge in [0.25, 0.3) is 0 Å². The van der Waals surface area contributed by atoms with Crippen LogP contribution in [0.2, 0.25) is 0 Å². The first-order chi connectivity index (χ1) is 14.2. The van der Waals surface area contributed by atoms with Gasteiger partial charge in [-0.25, -0.2) is 0 Å². The summed E-state index contributed by atoms with van der Waals surface area (Å²) in [5.41, 5.74) is 6.34. The average Bonchev–Trinajstić information content (AvgIpc) is 2.71. The molecule has 0 aliphatic heterocycles. The summed E-state index contributed by atoms with van der Waals surface area (Å²) in [5.74, 6) is 1.23. The SMILES string of the molecule is C=C(CC)/C(=C(\C)O)c1ccc2cc(-c3ccc(OC)c(C(C)(C)C)c3)ccc2c1. The molecule has 0 saturated heterocycles.